The van der Waals surface area contributed by atoms with E-state index in [1.54, 1.807) is 9.58 Å². The van der Waals surface area contributed by atoms with Gasteiger partial charge < -0.3 is 15.0 Å². The van der Waals surface area contributed by atoms with E-state index in [1.807, 2.05) is 88.0 Å². The normalized spacial score (nSPS) is 12.8. The second-order valence-corrected chi connectivity index (χ2v) is 13.5. The van der Waals surface area contributed by atoms with Crippen LogP contribution in [0.15, 0.2) is 54.7 Å². The lowest BCUT2D eigenvalue weighted by atomic mass is 9.94. The van der Waals surface area contributed by atoms with Crippen LogP contribution in [0.25, 0.3) is 22.5 Å². The number of para-hydroxylation sites is 1. The van der Waals surface area contributed by atoms with Crippen LogP contribution in [0.5, 0.6) is 0 Å². The molecule has 2 amide bonds. The molecule has 2 aromatic carbocycles. The third-order valence-corrected chi connectivity index (χ3v) is 7.92. The Morgan fingerprint density at radius 1 is 0.957 bits per heavy atom. The summed E-state index contributed by atoms with van der Waals surface area (Å²) in [5, 5.41) is 20.2. The molecule has 0 unspecified atom stereocenters. The second-order valence-electron chi connectivity index (χ2n) is 13.5. The van der Waals surface area contributed by atoms with Gasteiger partial charge in [0.25, 0.3) is 0 Å². The quantitative estimate of drug-likeness (QED) is 0.217. The van der Waals surface area contributed by atoms with Crippen molar-refractivity contribution in [1.82, 2.24) is 35.3 Å². The summed E-state index contributed by atoms with van der Waals surface area (Å²) in [6.45, 7) is 16.0. The fraction of sp³-hybridized carbons (Fsp3) is 0.486. The molecule has 246 valence electrons. The van der Waals surface area contributed by atoms with Gasteiger partial charge in [-0.1, -0.05) is 74.2 Å². The van der Waals surface area contributed by atoms with Gasteiger partial charge >= 0.3 is 0 Å². The summed E-state index contributed by atoms with van der Waals surface area (Å²) < 4.78 is 9.95. The van der Waals surface area contributed by atoms with E-state index >= 15 is 0 Å². The Morgan fingerprint density at radius 2 is 1.65 bits per heavy atom. The number of hydrogen-bond acceptors (Lipinski definition) is 7. The Bertz CT molecular complexity index is 1670. The molecule has 0 saturated heterocycles. The van der Waals surface area contributed by atoms with Gasteiger partial charge in [0.15, 0.2) is 0 Å². The Balaban J connectivity index is 0.00000480. The molecule has 2 aromatic heterocycles. The minimum Gasteiger partial charge on any atom is -0.373 e. The van der Waals surface area contributed by atoms with Crippen molar-refractivity contribution in [2.45, 2.75) is 93.5 Å². The van der Waals surface area contributed by atoms with Crippen LogP contribution in [0.4, 0.5) is 5.69 Å². The molecule has 1 N–H and O–H groups in total. The molecule has 3 heterocycles. The van der Waals surface area contributed by atoms with Crippen LogP contribution in [0.1, 0.15) is 79.1 Å². The number of rotatable bonds is 11. The van der Waals surface area contributed by atoms with Gasteiger partial charge in [0.2, 0.25) is 11.8 Å². The second kappa shape index (κ2) is 13.9. The largest absolute Gasteiger partial charge is 0.373 e. The zero-order valence-corrected chi connectivity index (χ0v) is 27.4. The first kappa shape index (κ1) is 34.5. The van der Waals surface area contributed by atoms with Crippen LogP contribution in [0.3, 0.4) is 0 Å². The van der Waals surface area contributed by atoms with Crippen molar-refractivity contribution in [2.24, 2.45) is 5.41 Å². The number of benzene rings is 2. The summed E-state index contributed by atoms with van der Waals surface area (Å²) in [5.74, 6) is -0.295. The first-order chi connectivity index (χ1) is 21.3. The Kier molecular flexibility index (Phi) is 10.5. The van der Waals surface area contributed by atoms with Crippen LogP contribution < -0.4 is 10.2 Å². The molecule has 0 bridgehead atoms. The lowest BCUT2D eigenvalue weighted by Crippen LogP contribution is -2.41. The average molecular weight is 629 g/mol. The number of anilines is 1. The summed E-state index contributed by atoms with van der Waals surface area (Å²) in [5.41, 5.74) is 5.38. The monoisotopic (exact) mass is 628 g/mol. The van der Waals surface area contributed by atoms with Crippen molar-refractivity contribution in [2.75, 3.05) is 18.1 Å². The lowest BCUT2D eigenvalue weighted by Gasteiger charge is -2.32. The number of aryl methyl sites for hydroxylation is 1. The predicted octanol–water partition coefficient (Wildman–Crippen LogP) is 5.99. The van der Waals surface area contributed by atoms with Gasteiger partial charge in [-0.3, -0.25) is 9.59 Å². The third kappa shape index (κ3) is 7.88. The number of amides is 2. The summed E-state index contributed by atoms with van der Waals surface area (Å²) in [6.07, 6.45) is 2.05. The van der Waals surface area contributed by atoms with Gasteiger partial charge in [0.1, 0.15) is 5.69 Å². The van der Waals surface area contributed by atoms with Crippen molar-refractivity contribution in [3.63, 3.8) is 0 Å². The van der Waals surface area contributed by atoms with Crippen molar-refractivity contribution in [3.8, 4) is 22.5 Å². The topological polar surface area (TPSA) is 120 Å². The van der Waals surface area contributed by atoms with E-state index in [1.165, 1.54) is 0 Å². The molecule has 11 nitrogen and oxygen atoms in total. The standard InChI is InChI=1S/C34H44N8O3.CH4/c1-23(2)42-32-26-13-9-8-12-25(26)19-41(28-15-11-10-14-27(28)31(32)37-39-42)30(44)17-16-29(43)35-20-33(4,5)22-45-34(6,7)21-40-18-24(3)36-38-40;/h8-15,18,23H,16-17,19-22H2,1-7H3,(H,35,43);1H4. The lowest BCUT2D eigenvalue weighted by molar-refractivity contribution is -0.126. The molecular weight excluding hydrogens is 580 g/mol. The number of ether oxygens (including phenoxy) is 1. The molecule has 0 saturated carbocycles. The molecule has 5 rings (SSSR count). The van der Waals surface area contributed by atoms with E-state index in [0.717, 1.165) is 39.5 Å². The summed E-state index contributed by atoms with van der Waals surface area (Å²) in [6, 6.07) is 16.0. The van der Waals surface area contributed by atoms with Crippen LogP contribution in [0.2, 0.25) is 0 Å². The van der Waals surface area contributed by atoms with E-state index in [2.05, 4.69) is 45.9 Å². The highest BCUT2D eigenvalue weighted by molar-refractivity contribution is 6.01. The van der Waals surface area contributed by atoms with Gasteiger partial charge in [0, 0.05) is 48.2 Å². The number of fused-ring (bicyclic) bond motifs is 5. The first-order valence-electron chi connectivity index (χ1n) is 15.5. The predicted molar refractivity (Wildman–Crippen MR) is 180 cm³/mol. The van der Waals surface area contributed by atoms with E-state index in [0.29, 0.717) is 26.2 Å². The van der Waals surface area contributed by atoms with Crippen LogP contribution in [-0.4, -0.2) is 60.6 Å². The zero-order chi connectivity index (χ0) is 32.4. The average Bonchev–Trinajstić information content (AvgIpc) is 3.62. The van der Waals surface area contributed by atoms with E-state index in [4.69, 9.17) is 4.74 Å². The fourth-order valence-electron chi connectivity index (χ4n) is 5.50. The van der Waals surface area contributed by atoms with Crippen LogP contribution in [0, 0.1) is 12.3 Å². The molecule has 1 aliphatic heterocycles. The van der Waals surface area contributed by atoms with E-state index in [-0.39, 0.29) is 43.5 Å². The van der Waals surface area contributed by atoms with Crippen LogP contribution in [-0.2, 0) is 27.4 Å². The molecular formula is C35H48N8O3. The molecule has 0 radical (unpaired) electrons. The van der Waals surface area contributed by atoms with Gasteiger partial charge in [-0.15, -0.1) is 10.2 Å². The van der Waals surface area contributed by atoms with Crippen molar-refractivity contribution < 1.29 is 14.3 Å². The number of nitrogens with one attached hydrogen (secondary N) is 1. The minimum absolute atomic E-state index is 0. The van der Waals surface area contributed by atoms with Gasteiger partial charge in [0.05, 0.1) is 42.4 Å². The fourth-order valence-corrected chi connectivity index (χ4v) is 5.50. The smallest absolute Gasteiger partial charge is 0.227 e. The maximum absolute atomic E-state index is 13.8. The SMILES string of the molecule is C.Cc1cn(CC(C)(C)OCC(C)(C)CNC(=O)CCC(=O)N2Cc3ccccc3-c3c(nnn3C(C)C)-c3ccccc32)nn1. The molecule has 11 heteroatoms. The summed E-state index contributed by atoms with van der Waals surface area (Å²) in [4.78, 5) is 28.5. The Labute approximate surface area is 272 Å². The molecule has 0 atom stereocenters. The van der Waals surface area contributed by atoms with Gasteiger partial charge in [-0.25, -0.2) is 9.36 Å². The van der Waals surface area contributed by atoms with E-state index < -0.39 is 5.60 Å². The van der Waals surface area contributed by atoms with Gasteiger partial charge in [-0.2, -0.15) is 0 Å². The van der Waals surface area contributed by atoms with Gasteiger partial charge in [-0.05, 0) is 46.2 Å². The maximum atomic E-state index is 13.8. The van der Waals surface area contributed by atoms with Crippen molar-refractivity contribution in [1.29, 1.82) is 0 Å². The molecule has 4 aromatic rings. The molecule has 0 fully saturated rings. The molecule has 0 spiro atoms. The van der Waals surface area contributed by atoms with Crippen LogP contribution >= 0.6 is 0 Å². The number of nitrogens with zero attached hydrogens (tertiary/aromatic N) is 7. The minimum atomic E-state index is -0.460. The number of carbonyl (C=O) groups excluding carboxylic acids is 2. The Morgan fingerprint density at radius 3 is 2.35 bits per heavy atom. The number of carbonyl (C=O) groups is 2. The van der Waals surface area contributed by atoms with Crippen molar-refractivity contribution >= 4 is 17.5 Å². The summed E-state index contributed by atoms with van der Waals surface area (Å²) in [7, 11) is 0. The third-order valence-electron chi connectivity index (χ3n) is 7.92. The maximum Gasteiger partial charge on any atom is 0.227 e. The summed E-state index contributed by atoms with van der Waals surface area (Å²) >= 11 is 0. The number of aromatic nitrogens is 6. The molecule has 46 heavy (non-hydrogen) atoms. The highest BCUT2D eigenvalue weighted by Crippen LogP contribution is 2.41. The highest BCUT2D eigenvalue weighted by Gasteiger charge is 2.30. The molecule has 0 aliphatic carbocycles. The number of hydrogen-bond donors (Lipinski definition) is 1. The first-order valence-corrected chi connectivity index (χ1v) is 15.5. The highest BCUT2D eigenvalue weighted by atomic mass is 16.5. The molecule has 1 aliphatic rings. The van der Waals surface area contributed by atoms with Crippen molar-refractivity contribution in [3.05, 3.63) is 66.0 Å². The Hall–Kier alpha value is -4.38. The van der Waals surface area contributed by atoms with E-state index in [9.17, 15) is 9.59 Å². The zero-order valence-electron chi connectivity index (χ0n) is 27.4.